The molecule has 0 fully saturated rings. The van der Waals surface area contributed by atoms with E-state index in [2.05, 4.69) is 0 Å². The normalized spacial score (nSPS) is 13.0. The zero-order valence-electron chi connectivity index (χ0n) is 8.74. The van der Waals surface area contributed by atoms with Crippen LogP contribution in [0.3, 0.4) is 0 Å². The molecule has 1 aromatic rings. The van der Waals surface area contributed by atoms with Crippen LogP contribution >= 0.6 is 0 Å². The highest BCUT2D eigenvalue weighted by molar-refractivity contribution is 5.26. The first-order chi connectivity index (χ1) is 6.68. The average molecular weight is 220 g/mol. The smallest absolute Gasteiger partial charge is 0.206 e. The van der Waals surface area contributed by atoms with Gasteiger partial charge in [-0.05, 0) is 12.1 Å². The van der Waals surface area contributed by atoms with Gasteiger partial charge in [0.25, 0.3) is 5.92 Å². The van der Waals surface area contributed by atoms with Crippen molar-refractivity contribution in [2.45, 2.75) is 26.7 Å². The lowest BCUT2D eigenvalue weighted by Gasteiger charge is -2.31. The molecule has 0 amide bonds. The second-order valence-corrected chi connectivity index (χ2v) is 4.42. The largest absolute Gasteiger partial charge is 0.283 e. The first-order valence-electron chi connectivity index (χ1n) is 4.50. The van der Waals surface area contributed by atoms with Crippen molar-refractivity contribution in [3.8, 4) is 0 Å². The molecular formula is C11H12F4. The number of hydrogen-bond acceptors (Lipinski definition) is 0. The van der Waals surface area contributed by atoms with Crippen LogP contribution in [0.4, 0.5) is 17.6 Å². The van der Waals surface area contributed by atoms with E-state index in [0.29, 0.717) is 0 Å². The van der Waals surface area contributed by atoms with E-state index in [9.17, 15) is 17.6 Å². The summed E-state index contributed by atoms with van der Waals surface area (Å²) in [6, 6.07) is 2.73. The van der Waals surface area contributed by atoms with Crippen molar-refractivity contribution in [2.24, 2.45) is 5.41 Å². The SMILES string of the molecule is CC(C)(C)C(F)(F)c1c(F)cccc1F. The third kappa shape index (κ3) is 1.98. The van der Waals surface area contributed by atoms with Gasteiger partial charge in [-0.15, -0.1) is 0 Å². The van der Waals surface area contributed by atoms with Crippen LogP contribution in [0.1, 0.15) is 26.3 Å². The van der Waals surface area contributed by atoms with Crippen LogP contribution in [-0.2, 0) is 5.92 Å². The molecule has 0 aliphatic carbocycles. The van der Waals surface area contributed by atoms with Crippen molar-refractivity contribution in [1.29, 1.82) is 0 Å². The maximum absolute atomic E-state index is 13.7. The van der Waals surface area contributed by atoms with Gasteiger partial charge < -0.3 is 0 Å². The van der Waals surface area contributed by atoms with Gasteiger partial charge in [0, 0.05) is 5.41 Å². The van der Waals surface area contributed by atoms with Gasteiger partial charge in [0.2, 0.25) is 0 Å². The van der Waals surface area contributed by atoms with Crippen LogP contribution in [0, 0.1) is 17.0 Å². The predicted molar refractivity (Wildman–Crippen MR) is 49.7 cm³/mol. The molecule has 0 nitrogen and oxygen atoms in total. The van der Waals surface area contributed by atoms with Crippen LogP contribution in [0.15, 0.2) is 18.2 Å². The minimum absolute atomic E-state index is 0.831. The molecule has 0 saturated heterocycles. The second kappa shape index (κ2) is 3.51. The molecule has 0 heterocycles. The van der Waals surface area contributed by atoms with E-state index in [1.807, 2.05) is 0 Å². The van der Waals surface area contributed by atoms with Gasteiger partial charge in [0.15, 0.2) is 0 Å². The Morgan fingerprint density at radius 3 is 1.67 bits per heavy atom. The molecular weight excluding hydrogens is 208 g/mol. The molecule has 1 aromatic carbocycles. The minimum atomic E-state index is -3.54. The van der Waals surface area contributed by atoms with Gasteiger partial charge in [-0.3, -0.25) is 0 Å². The standard InChI is InChI=1S/C11H12F4/c1-10(2,3)11(14,15)9-7(12)5-4-6-8(9)13/h4-6H,1-3H3. The monoisotopic (exact) mass is 220 g/mol. The van der Waals surface area contributed by atoms with Gasteiger partial charge in [-0.2, -0.15) is 0 Å². The fourth-order valence-electron chi connectivity index (χ4n) is 1.17. The average Bonchev–Trinajstić information content (AvgIpc) is 2.00. The van der Waals surface area contributed by atoms with Crippen molar-refractivity contribution in [1.82, 2.24) is 0 Å². The summed E-state index contributed by atoms with van der Waals surface area (Å²) >= 11 is 0. The number of hydrogen-bond donors (Lipinski definition) is 0. The summed E-state index contributed by atoms with van der Waals surface area (Å²) in [6.45, 7) is 3.70. The number of halogens is 4. The zero-order chi connectivity index (χ0) is 11.9. The van der Waals surface area contributed by atoms with Gasteiger partial charge >= 0.3 is 0 Å². The topological polar surface area (TPSA) is 0 Å². The Morgan fingerprint density at radius 1 is 0.933 bits per heavy atom. The summed E-state index contributed by atoms with van der Waals surface area (Å²) in [6.07, 6.45) is 0. The van der Waals surface area contributed by atoms with Crippen molar-refractivity contribution < 1.29 is 17.6 Å². The number of rotatable bonds is 1. The van der Waals surface area contributed by atoms with Crippen molar-refractivity contribution >= 4 is 0 Å². The fourth-order valence-corrected chi connectivity index (χ4v) is 1.17. The fraction of sp³-hybridized carbons (Fsp3) is 0.455. The molecule has 15 heavy (non-hydrogen) atoms. The third-order valence-corrected chi connectivity index (χ3v) is 2.22. The number of alkyl halides is 2. The Balaban J connectivity index is 3.39. The summed E-state index contributed by atoms with van der Waals surface area (Å²) < 4.78 is 53.7. The zero-order valence-corrected chi connectivity index (χ0v) is 8.74. The molecule has 4 heteroatoms. The van der Waals surface area contributed by atoms with E-state index >= 15 is 0 Å². The maximum atomic E-state index is 13.7. The second-order valence-electron chi connectivity index (χ2n) is 4.42. The predicted octanol–water partition coefficient (Wildman–Crippen LogP) is 4.10. The third-order valence-electron chi connectivity index (χ3n) is 2.22. The van der Waals surface area contributed by atoms with Crippen molar-refractivity contribution in [2.75, 3.05) is 0 Å². The van der Waals surface area contributed by atoms with Gasteiger partial charge in [-0.25, -0.2) is 17.6 Å². The summed E-state index contributed by atoms with van der Waals surface area (Å²) in [5.41, 5.74) is -2.69. The Hall–Kier alpha value is -1.06. The molecule has 0 N–H and O–H groups in total. The molecule has 84 valence electrons. The Kier molecular flexibility index (Phi) is 2.81. The van der Waals surface area contributed by atoms with E-state index in [1.54, 1.807) is 0 Å². The van der Waals surface area contributed by atoms with E-state index in [0.717, 1.165) is 18.2 Å². The van der Waals surface area contributed by atoms with Gasteiger partial charge in [0.1, 0.15) is 11.6 Å². The highest BCUT2D eigenvalue weighted by Crippen LogP contribution is 2.46. The van der Waals surface area contributed by atoms with Crippen molar-refractivity contribution in [3.63, 3.8) is 0 Å². The Bertz CT molecular complexity index is 343. The van der Waals surface area contributed by atoms with Crippen LogP contribution < -0.4 is 0 Å². The Morgan fingerprint density at radius 2 is 1.33 bits per heavy atom. The highest BCUT2D eigenvalue weighted by atomic mass is 19.3. The summed E-state index contributed by atoms with van der Waals surface area (Å²) in [4.78, 5) is 0. The van der Waals surface area contributed by atoms with Crippen LogP contribution in [-0.4, -0.2) is 0 Å². The van der Waals surface area contributed by atoms with Crippen molar-refractivity contribution in [3.05, 3.63) is 35.4 Å². The quantitative estimate of drug-likeness (QED) is 0.625. The van der Waals surface area contributed by atoms with Gasteiger partial charge in [0.05, 0.1) is 5.56 Å². The molecule has 0 aromatic heterocycles. The van der Waals surface area contributed by atoms with Crippen LogP contribution in [0.25, 0.3) is 0 Å². The first-order valence-corrected chi connectivity index (χ1v) is 4.50. The molecule has 0 atom stereocenters. The molecule has 0 aliphatic rings. The van der Waals surface area contributed by atoms with E-state index in [4.69, 9.17) is 0 Å². The summed E-state index contributed by atoms with van der Waals surface area (Å²) in [7, 11) is 0. The summed E-state index contributed by atoms with van der Waals surface area (Å²) in [5.74, 6) is -5.97. The molecule has 0 unspecified atom stereocenters. The van der Waals surface area contributed by atoms with Crippen LogP contribution in [0.5, 0.6) is 0 Å². The minimum Gasteiger partial charge on any atom is -0.206 e. The lowest BCUT2D eigenvalue weighted by atomic mass is 9.83. The molecule has 0 spiro atoms. The maximum Gasteiger partial charge on any atom is 0.283 e. The molecule has 0 bridgehead atoms. The van der Waals surface area contributed by atoms with E-state index < -0.39 is 28.5 Å². The first kappa shape index (κ1) is 12.0. The number of benzene rings is 1. The van der Waals surface area contributed by atoms with E-state index in [1.165, 1.54) is 20.8 Å². The molecule has 0 aliphatic heterocycles. The van der Waals surface area contributed by atoms with E-state index in [-0.39, 0.29) is 0 Å². The Labute approximate surface area is 85.9 Å². The molecule has 0 radical (unpaired) electrons. The van der Waals surface area contributed by atoms with Crippen LogP contribution in [0.2, 0.25) is 0 Å². The molecule has 1 rings (SSSR count). The summed E-state index contributed by atoms with van der Waals surface area (Å²) in [5, 5.41) is 0. The molecule has 0 saturated carbocycles. The van der Waals surface area contributed by atoms with Gasteiger partial charge in [-0.1, -0.05) is 26.8 Å². The lowest BCUT2D eigenvalue weighted by Crippen LogP contribution is -2.33. The highest BCUT2D eigenvalue weighted by Gasteiger charge is 2.48. The lowest BCUT2D eigenvalue weighted by molar-refractivity contribution is -0.109.